The summed E-state index contributed by atoms with van der Waals surface area (Å²) in [6.45, 7) is 0.633. The van der Waals surface area contributed by atoms with Gasteiger partial charge in [-0.3, -0.25) is 14.6 Å². The first-order chi connectivity index (χ1) is 16.6. The molecule has 0 unspecified atom stereocenters. The molecule has 0 radical (unpaired) electrons. The second kappa shape index (κ2) is 11.0. The van der Waals surface area contributed by atoms with E-state index in [1.54, 1.807) is 53.7 Å². The van der Waals surface area contributed by atoms with Gasteiger partial charge in [-0.25, -0.2) is 4.39 Å². The number of carbonyl (C=O) groups excluding carboxylic acids is 2. The minimum absolute atomic E-state index is 0.103. The molecule has 0 saturated carbocycles. The van der Waals surface area contributed by atoms with E-state index in [9.17, 15) is 14.0 Å². The maximum Gasteiger partial charge on any atom is 0.258 e. The molecule has 0 bridgehead atoms. The number of nitrogens with zero attached hydrogens (tertiary/aromatic N) is 2. The normalized spacial score (nSPS) is 10.5. The number of halogens is 1. The molecule has 0 spiro atoms. The van der Waals surface area contributed by atoms with Crippen LogP contribution in [-0.4, -0.2) is 16.8 Å². The van der Waals surface area contributed by atoms with Crippen molar-refractivity contribution in [3.05, 3.63) is 131 Å². The summed E-state index contributed by atoms with van der Waals surface area (Å²) in [4.78, 5) is 31.3. The van der Waals surface area contributed by atoms with Gasteiger partial charge in [-0.2, -0.15) is 0 Å². The van der Waals surface area contributed by atoms with Gasteiger partial charge in [0, 0.05) is 30.2 Å². The van der Waals surface area contributed by atoms with Crippen molar-refractivity contribution < 1.29 is 14.0 Å². The van der Waals surface area contributed by atoms with Crippen molar-refractivity contribution in [3.8, 4) is 0 Å². The van der Waals surface area contributed by atoms with Gasteiger partial charge >= 0.3 is 0 Å². The Balaban J connectivity index is 1.48. The molecule has 2 amide bonds. The van der Waals surface area contributed by atoms with E-state index in [1.165, 1.54) is 12.1 Å². The van der Waals surface area contributed by atoms with Gasteiger partial charge in [-0.15, -0.1) is 0 Å². The van der Waals surface area contributed by atoms with Crippen LogP contribution in [0.25, 0.3) is 0 Å². The molecular weight excluding hydrogens is 429 g/mol. The largest absolute Gasteiger partial charge is 0.352 e. The molecule has 1 heterocycles. The van der Waals surface area contributed by atoms with Gasteiger partial charge in [0.05, 0.1) is 13.0 Å². The van der Waals surface area contributed by atoms with Gasteiger partial charge in [-0.05, 0) is 59.2 Å². The average Bonchev–Trinajstić information content (AvgIpc) is 2.87. The van der Waals surface area contributed by atoms with Crippen LogP contribution in [0.2, 0.25) is 0 Å². The Hall–Kier alpha value is -4.32. The Morgan fingerprint density at radius 1 is 0.824 bits per heavy atom. The summed E-state index contributed by atoms with van der Waals surface area (Å²) in [5, 5.41) is 2.88. The van der Waals surface area contributed by atoms with E-state index in [-0.39, 0.29) is 30.6 Å². The summed E-state index contributed by atoms with van der Waals surface area (Å²) in [6, 6.07) is 26.2. The van der Waals surface area contributed by atoms with Crippen LogP contribution in [-0.2, 0) is 24.3 Å². The molecule has 5 nitrogen and oxygen atoms in total. The first-order valence-corrected chi connectivity index (χ1v) is 10.9. The Morgan fingerprint density at radius 3 is 2.29 bits per heavy atom. The zero-order chi connectivity index (χ0) is 23.8. The van der Waals surface area contributed by atoms with Gasteiger partial charge in [0.15, 0.2) is 0 Å². The summed E-state index contributed by atoms with van der Waals surface area (Å²) < 4.78 is 13.7. The first-order valence-electron chi connectivity index (χ1n) is 10.9. The summed E-state index contributed by atoms with van der Waals surface area (Å²) in [5.41, 5.74) is 3.64. The number of benzene rings is 3. The van der Waals surface area contributed by atoms with Crippen LogP contribution in [0, 0.1) is 5.82 Å². The lowest BCUT2D eigenvalue weighted by atomic mass is 10.1. The van der Waals surface area contributed by atoms with Crippen LogP contribution in [0.3, 0.4) is 0 Å². The number of rotatable bonds is 8. The van der Waals surface area contributed by atoms with E-state index < -0.39 is 0 Å². The van der Waals surface area contributed by atoms with Crippen molar-refractivity contribution in [2.24, 2.45) is 0 Å². The monoisotopic (exact) mass is 453 g/mol. The third kappa shape index (κ3) is 6.13. The number of pyridine rings is 1. The number of amides is 2. The third-order valence-corrected chi connectivity index (χ3v) is 5.32. The molecule has 3 aromatic carbocycles. The average molecular weight is 454 g/mol. The first kappa shape index (κ1) is 22.9. The van der Waals surface area contributed by atoms with Crippen molar-refractivity contribution in [2.45, 2.75) is 19.5 Å². The number of nitrogens with one attached hydrogen (secondary N) is 1. The van der Waals surface area contributed by atoms with Crippen molar-refractivity contribution in [2.75, 3.05) is 4.90 Å². The third-order valence-electron chi connectivity index (χ3n) is 5.32. The van der Waals surface area contributed by atoms with E-state index in [0.717, 1.165) is 11.1 Å². The van der Waals surface area contributed by atoms with Crippen LogP contribution in [0.1, 0.15) is 27.0 Å². The highest BCUT2D eigenvalue weighted by atomic mass is 19.1. The van der Waals surface area contributed by atoms with E-state index >= 15 is 0 Å². The molecule has 0 saturated heterocycles. The highest BCUT2D eigenvalue weighted by Gasteiger charge is 2.18. The predicted octanol–water partition coefficient (Wildman–Crippen LogP) is 4.93. The molecule has 0 aliphatic heterocycles. The minimum atomic E-state index is -0.350. The smallest absolute Gasteiger partial charge is 0.258 e. The number of anilines is 1. The fourth-order valence-corrected chi connectivity index (χ4v) is 3.58. The minimum Gasteiger partial charge on any atom is -0.352 e. The summed E-state index contributed by atoms with van der Waals surface area (Å²) in [6.07, 6.45) is 3.62. The van der Waals surface area contributed by atoms with E-state index in [2.05, 4.69) is 10.3 Å². The van der Waals surface area contributed by atoms with Crippen LogP contribution in [0.5, 0.6) is 0 Å². The quantitative estimate of drug-likeness (QED) is 0.412. The molecule has 0 fully saturated rings. The molecule has 34 heavy (non-hydrogen) atoms. The predicted molar refractivity (Wildman–Crippen MR) is 130 cm³/mol. The Labute approximate surface area is 197 Å². The fraction of sp³-hybridized carbons (Fsp3) is 0.107. The summed E-state index contributed by atoms with van der Waals surface area (Å²) in [7, 11) is 0. The second-order valence-electron chi connectivity index (χ2n) is 7.87. The van der Waals surface area contributed by atoms with E-state index in [4.69, 9.17) is 0 Å². The van der Waals surface area contributed by atoms with E-state index in [0.29, 0.717) is 23.4 Å². The van der Waals surface area contributed by atoms with Crippen molar-refractivity contribution in [3.63, 3.8) is 0 Å². The van der Waals surface area contributed by atoms with Gasteiger partial charge in [-0.1, -0.05) is 48.5 Å². The van der Waals surface area contributed by atoms with Crippen LogP contribution >= 0.6 is 0 Å². The Kier molecular flexibility index (Phi) is 7.40. The topological polar surface area (TPSA) is 62.3 Å². The molecule has 1 N–H and O–H groups in total. The Morgan fingerprint density at radius 2 is 1.59 bits per heavy atom. The standard InChI is InChI=1S/C28H24FN3O2/c29-25-10-4-6-22(16-25)20-32(28(34)24-8-2-1-3-9-24)26-13-11-21(12-14-26)17-27(33)31-19-23-7-5-15-30-18-23/h1-16,18H,17,19-20H2,(H,31,33). The number of carbonyl (C=O) groups is 2. The van der Waals surface area contributed by atoms with Crippen molar-refractivity contribution >= 4 is 17.5 Å². The molecule has 4 rings (SSSR count). The molecule has 4 aromatic rings. The summed E-state index contributed by atoms with van der Waals surface area (Å²) >= 11 is 0. The SMILES string of the molecule is O=C(Cc1ccc(N(Cc2cccc(F)c2)C(=O)c2ccccc2)cc1)NCc1cccnc1. The molecule has 0 aliphatic carbocycles. The molecule has 170 valence electrons. The number of aromatic nitrogens is 1. The van der Waals surface area contributed by atoms with Gasteiger partial charge in [0.25, 0.3) is 5.91 Å². The zero-order valence-electron chi connectivity index (χ0n) is 18.5. The molecule has 6 heteroatoms. The highest BCUT2D eigenvalue weighted by molar-refractivity contribution is 6.06. The lowest BCUT2D eigenvalue weighted by Gasteiger charge is -2.23. The maximum atomic E-state index is 13.7. The zero-order valence-corrected chi connectivity index (χ0v) is 18.5. The number of hydrogen-bond donors (Lipinski definition) is 1. The van der Waals surface area contributed by atoms with E-state index in [1.807, 2.05) is 42.5 Å². The van der Waals surface area contributed by atoms with Gasteiger partial charge in [0.2, 0.25) is 5.91 Å². The Bertz CT molecular complexity index is 1250. The maximum absolute atomic E-state index is 13.7. The highest BCUT2D eigenvalue weighted by Crippen LogP contribution is 2.22. The second-order valence-corrected chi connectivity index (χ2v) is 7.87. The van der Waals surface area contributed by atoms with Gasteiger partial charge < -0.3 is 10.2 Å². The van der Waals surface area contributed by atoms with Gasteiger partial charge in [0.1, 0.15) is 5.82 Å². The summed E-state index contributed by atoms with van der Waals surface area (Å²) in [5.74, 6) is -0.641. The van der Waals surface area contributed by atoms with Crippen LogP contribution < -0.4 is 10.2 Å². The fourth-order valence-electron chi connectivity index (χ4n) is 3.58. The number of hydrogen-bond acceptors (Lipinski definition) is 3. The molecular formula is C28H24FN3O2. The van der Waals surface area contributed by atoms with Crippen LogP contribution in [0.4, 0.5) is 10.1 Å². The van der Waals surface area contributed by atoms with Crippen molar-refractivity contribution in [1.82, 2.24) is 10.3 Å². The molecule has 0 aliphatic rings. The molecule has 0 atom stereocenters. The van der Waals surface area contributed by atoms with Crippen LogP contribution in [0.15, 0.2) is 103 Å². The lowest BCUT2D eigenvalue weighted by Crippen LogP contribution is -2.30. The molecule has 1 aromatic heterocycles. The lowest BCUT2D eigenvalue weighted by molar-refractivity contribution is -0.120. The van der Waals surface area contributed by atoms with Crippen molar-refractivity contribution in [1.29, 1.82) is 0 Å².